The van der Waals surface area contributed by atoms with Crippen molar-refractivity contribution in [3.05, 3.63) is 76.3 Å². The van der Waals surface area contributed by atoms with Crippen LogP contribution < -0.4 is 4.74 Å². The van der Waals surface area contributed by atoms with Crippen LogP contribution >= 0.6 is 15.9 Å². The molecule has 8 heteroatoms. The van der Waals surface area contributed by atoms with Crippen LogP contribution in [-0.2, 0) is 29.2 Å². The highest BCUT2D eigenvalue weighted by atomic mass is 79.9. The van der Waals surface area contributed by atoms with Crippen molar-refractivity contribution in [3.63, 3.8) is 0 Å². The number of carbonyl (C=O) groups is 1. The lowest BCUT2D eigenvalue weighted by Crippen LogP contribution is -2.27. The lowest BCUT2D eigenvalue weighted by molar-refractivity contribution is -0.137. The molecule has 0 bridgehead atoms. The van der Waals surface area contributed by atoms with Crippen molar-refractivity contribution in [3.8, 4) is 28.0 Å². The number of carboxylic acid groups (broad SMARTS) is 1. The van der Waals surface area contributed by atoms with Gasteiger partial charge >= 0.3 is 5.97 Å². The van der Waals surface area contributed by atoms with E-state index in [1.54, 1.807) is 14.2 Å². The highest BCUT2D eigenvalue weighted by Gasteiger charge is 2.42. The predicted molar refractivity (Wildman–Crippen MR) is 167 cm³/mol. The zero-order valence-electron chi connectivity index (χ0n) is 24.5. The summed E-state index contributed by atoms with van der Waals surface area (Å²) in [6.45, 7) is 3.87. The normalized spacial score (nSPS) is 13.1. The lowest BCUT2D eigenvalue weighted by atomic mass is 9.71. The van der Waals surface area contributed by atoms with E-state index in [4.69, 9.17) is 28.8 Å². The smallest absolute Gasteiger partial charge is 0.306 e. The largest absolute Gasteiger partial charge is 0.493 e. The van der Waals surface area contributed by atoms with Gasteiger partial charge in [0.1, 0.15) is 5.75 Å². The predicted octanol–water partition coefficient (Wildman–Crippen LogP) is 7.12. The third-order valence-electron chi connectivity index (χ3n) is 7.74. The second-order valence-corrected chi connectivity index (χ2v) is 11.4. The zero-order chi connectivity index (χ0) is 29.8. The summed E-state index contributed by atoms with van der Waals surface area (Å²) in [5.41, 5.74) is 7.27. The summed E-state index contributed by atoms with van der Waals surface area (Å²) in [6, 6.07) is 21.3. The Morgan fingerprint density at radius 3 is 1.88 bits per heavy atom. The number of halogens is 1. The number of rotatable bonds is 19. The number of fused-ring (bicyclic) bond motifs is 3. The number of hydrogen-bond acceptors (Lipinski definition) is 6. The van der Waals surface area contributed by atoms with Crippen molar-refractivity contribution in [2.75, 3.05) is 60.5 Å². The van der Waals surface area contributed by atoms with Gasteiger partial charge in [0.15, 0.2) is 0 Å². The molecule has 0 amide bonds. The summed E-state index contributed by atoms with van der Waals surface area (Å²) < 4.78 is 28.7. The van der Waals surface area contributed by atoms with E-state index in [-0.39, 0.29) is 18.4 Å². The maximum atomic E-state index is 10.8. The van der Waals surface area contributed by atoms with E-state index in [1.165, 1.54) is 22.3 Å². The molecule has 0 aromatic heterocycles. The van der Waals surface area contributed by atoms with E-state index in [0.29, 0.717) is 45.4 Å². The lowest BCUT2D eigenvalue weighted by Gasteiger charge is -2.33. The van der Waals surface area contributed by atoms with E-state index in [1.807, 2.05) is 24.3 Å². The number of hydrogen-bond donors (Lipinski definition) is 1. The van der Waals surface area contributed by atoms with E-state index in [0.717, 1.165) is 41.3 Å². The molecule has 0 aliphatic heterocycles. The highest BCUT2D eigenvalue weighted by molar-refractivity contribution is 9.10. The molecular weight excluding hydrogens is 600 g/mol. The van der Waals surface area contributed by atoms with E-state index < -0.39 is 5.97 Å². The van der Waals surface area contributed by atoms with Crippen LogP contribution in [0.4, 0.5) is 0 Å². The average molecular weight is 642 g/mol. The average Bonchev–Trinajstić information content (AvgIpc) is 3.25. The summed E-state index contributed by atoms with van der Waals surface area (Å²) in [5, 5.41) is 8.88. The van der Waals surface area contributed by atoms with Gasteiger partial charge in [-0.15, -0.1) is 0 Å². The first kappa shape index (κ1) is 32.2. The van der Waals surface area contributed by atoms with Crippen LogP contribution in [0.15, 0.2) is 65.1 Å². The number of carboxylic acids is 1. The molecule has 0 heterocycles. The van der Waals surface area contributed by atoms with Crippen LogP contribution in [0.5, 0.6) is 5.75 Å². The molecule has 0 saturated heterocycles. The molecule has 1 N–H and O–H groups in total. The van der Waals surface area contributed by atoms with E-state index in [9.17, 15) is 4.79 Å². The van der Waals surface area contributed by atoms with Crippen LogP contribution in [0.3, 0.4) is 0 Å². The van der Waals surface area contributed by atoms with Crippen LogP contribution in [0, 0.1) is 0 Å². The topological polar surface area (TPSA) is 83.5 Å². The number of aliphatic carboxylic acids is 1. The first-order chi connectivity index (χ1) is 20.5. The van der Waals surface area contributed by atoms with Crippen molar-refractivity contribution in [1.29, 1.82) is 0 Å². The first-order valence-electron chi connectivity index (χ1n) is 14.5. The molecule has 0 radical (unpaired) electrons. The summed E-state index contributed by atoms with van der Waals surface area (Å²) >= 11 is 3.74. The Bertz CT molecular complexity index is 1280. The fourth-order valence-corrected chi connectivity index (χ4v) is 6.11. The summed E-state index contributed by atoms with van der Waals surface area (Å²) in [5.74, 6) is -0.209. The molecule has 1 aliphatic rings. The Balaban J connectivity index is 1.64. The van der Waals surface area contributed by atoms with Gasteiger partial charge in [0.25, 0.3) is 0 Å². The van der Waals surface area contributed by atoms with Crippen LogP contribution in [0.1, 0.15) is 43.2 Å². The van der Waals surface area contributed by atoms with Crippen LogP contribution in [0.2, 0.25) is 0 Å². The Morgan fingerprint density at radius 1 is 0.714 bits per heavy atom. The minimum Gasteiger partial charge on any atom is -0.493 e. The van der Waals surface area contributed by atoms with Gasteiger partial charge in [-0.25, -0.2) is 0 Å². The van der Waals surface area contributed by atoms with Gasteiger partial charge in [0.2, 0.25) is 0 Å². The van der Waals surface area contributed by atoms with Crippen molar-refractivity contribution in [2.45, 2.75) is 37.5 Å². The van der Waals surface area contributed by atoms with Crippen LogP contribution in [-0.4, -0.2) is 71.5 Å². The van der Waals surface area contributed by atoms with Gasteiger partial charge in [-0.3, -0.25) is 4.79 Å². The molecule has 42 heavy (non-hydrogen) atoms. The Morgan fingerprint density at radius 2 is 1.29 bits per heavy atom. The second kappa shape index (κ2) is 16.2. The molecule has 0 unspecified atom stereocenters. The van der Waals surface area contributed by atoms with E-state index in [2.05, 4.69) is 52.3 Å². The minimum atomic E-state index is -0.871. The number of methoxy groups -OCH3 is 2. The van der Waals surface area contributed by atoms with Crippen molar-refractivity contribution >= 4 is 21.9 Å². The third-order valence-corrected chi connectivity index (χ3v) is 8.24. The molecule has 226 valence electrons. The Kier molecular flexibility index (Phi) is 12.4. The Labute approximate surface area is 257 Å². The van der Waals surface area contributed by atoms with E-state index >= 15 is 0 Å². The molecule has 0 fully saturated rings. The SMILES string of the molecule is COCCOCCCC1(CCCOCCOC)c2cc(Br)ccc2-c2ccc(-c3ccc(OCCC(=O)O)cc3)cc21. The van der Waals surface area contributed by atoms with Crippen molar-refractivity contribution in [2.24, 2.45) is 0 Å². The van der Waals surface area contributed by atoms with Crippen LogP contribution in [0.25, 0.3) is 22.3 Å². The van der Waals surface area contributed by atoms with Crippen molar-refractivity contribution in [1.82, 2.24) is 0 Å². The van der Waals surface area contributed by atoms with Gasteiger partial charge in [0, 0.05) is 37.3 Å². The zero-order valence-corrected chi connectivity index (χ0v) is 26.1. The monoisotopic (exact) mass is 640 g/mol. The number of ether oxygens (including phenoxy) is 5. The first-order valence-corrected chi connectivity index (χ1v) is 15.3. The molecule has 3 aromatic carbocycles. The third kappa shape index (κ3) is 8.20. The fourth-order valence-electron chi connectivity index (χ4n) is 5.75. The Hall–Kier alpha value is -2.75. The van der Waals surface area contributed by atoms with Gasteiger partial charge in [-0.2, -0.15) is 0 Å². The molecule has 0 saturated carbocycles. The fraction of sp³-hybridized carbons (Fsp3) is 0.441. The summed E-state index contributed by atoms with van der Waals surface area (Å²) in [4.78, 5) is 10.8. The maximum absolute atomic E-state index is 10.8. The van der Waals surface area contributed by atoms with Crippen molar-refractivity contribution < 1.29 is 33.6 Å². The second-order valence-electron chi connectivity index (χ2n) is 10.5. The molecule has 3 aromatic rings. The molecule has 0 atom stereocenters. The quantitative estimate of drug-likeness (QED) is 0.140. The summed E-state index contributed by atoms with van der Waals surface area (Å²) in [6.07, 6.45) is 3.72. The number of benzene rings is 3. The highest BCUT2D eigenvalue weighted by Crippen LogP contribution is 2.55. The minimum absolute atomic E-state index is 0.0276. The maximum Gasteiger partial charge on any atom is 0.306 e. The molecule has 4 rings (SSSR count). The van der Waals surface area contributed by atoms with Gasteiger partial charge < -0.3 is 28.8 Å². The standard InChI is InChI=1S/C34H41BrO7/c1-38-19-21-40-16-3-14-34(15-4-17-41-22-20-39-2)31-23-26(7-11-29(31)30-12-8-27(35)24-32(30)34)25-5-9-28(10-6-25)42-18-13-33(36)37/h5-12,23-24H,3-4,13-22H2,1-2H3,(H,36,37). The van der Waals surface area contributed by atoms with Gasteiger partial charge in [-0.05, 0) is 89.4 Å². The summed E-state index contributed by atoms with van der Waals surface area (Å²) in [7, 11) is 3.38. The molecular formula is C34H41BrO7. The molecule has 1 aliphatic carbocycles. The molecule has 7 nitrogen and oxygen atoms in total. The van der Waals surface area contributed by atoms with Gasteiger partial charge in [-0.1, -0.05) is 46.3 Å². The van der Waals surface area contributed by atoms with Gasteiger partial charge in [0.05, 0.1) is 39.5 Å². The molecule has 0 spiro atoms.